The van der Waals surface area contributed by atoms with Gasteiger partial charge in [-0.15, -0.1) is 0 Å². The van der Waals surface area contributed by atoms with Crippen molar-refractivity contribution in [3.63, 3.8) is 0 Å². The van der Waals surface area contributed by atoms with Gasteiger partial charge in [0.2, 0.25) is 0 Å². The molecule has 0 saturated carbocycles. The molecule has 6 heteroatoms. The fourth-order valence-corrected chi connectivity index (χ4v) is 6.03. The summed E-state index contributed by atoms with van der Waals surface area (Å²) in [5.41, 5.74) is 4.59. The average molecular weight is 454 g/mol. The van der Waals surface area contributed by atoms with Crippen molar-refractivity contribution in [2.75, 3.05) is 18.4 Å². The molecule has 2 aromatic carbocycles. The fraction of sp³-hybridized carbons (Fsp3) is 0.286. The molecular formula is C28H29N4O2+. The number of benzene rings is 2. The average Bonchev–Trinajstić information content (AvgIpc) is 3.17. The SMILES string of the molecule is Cn1cc(C[NH+]2C[C@@H]3C[C@H](C2)c2ccc(NC(=O)c4ccccc4)c(=O)n2C3)c2ccccc21. The van der Waals surface area contributed by atoms with Crippen LogP contribution in [0.2, 0.25) is 0 Å². The molecular weight excluding hydrogens is 424 g/mol. The second-order valence-corrected chi connectivity index (χ2v) is 9.82. The number of nitrogens with zero attached hydrogens (tertiary/aromatic N) is 2. The first kappa shape index (κ1) is 20.9. The predicted octanol–water partition coefficient (Wildman–Crippen LogP) is 2.79. The molecule has 1 saturated heterocycles. The largest absolute Gasteiger partial charge is 0.350 e. The molecule has 0 spiro atoms. The van der Waals surface area contributed by atoms with Crippen LogP contribution in [0.15, 0.2) is 77.7 Å². The number of aromatic nitrogens is 2. The number of piperidine rings is 1. The van der Waals surface area contributed by atoms with Gasteiger partial charge in [-0.05, 0) is 36.8 Å². The molecule has 1 fully saturated rings. The molecule has 4 heterocycles. The third-order valence-corrected chi connectivity index (χ3v) is 7.50. The van der Waals surface area contributed by atoms with Crippen molar-refractivity contribution in [1.82, 2.24) is 9.13 Å². The Labute approximate surface area is 198 Å². The highest BCUT2D eigenvalue weighted by Gasteiger charge is 2.37. The molecule has 2 aliphatic rings. The van der Waals surface area contributed by atoms with Crippen molar-refractivity contribution >= 4 is 22.5 Å². The number of amides is 1. The van der Waals surface area contributed by atoms with E-state index in [1.54, 1.807) is 23.1 Å². The molecule has 6 rings (SSSR count). The second kappa shape index (κ2) is 8.29. The summed E-state index contributed by atoms with van der Waals surface area (Å²) in [5, 5.41) is 4.16. The normalized spacial score (nSPS) is 21.3. The molecule has 172 valence electrons. The number of likely N-dealkylation sites (tertiary alicyclic amines) is 1. The summed E-state index contributed by atoms with van der Waals surface area (Å²) in [4.78, 5) is 27.4. The molecule has 3 atom stereocenters. The number of fused-ring (bicyclic) bond motifs is 5. The molecule has 2 bridgehead atoms. The maximum Gasteiger partial charge on any atom is 0.274 e. The third-order valence-electron chi connectivity index (χ3n) is 7.50. The first-order valence-corrected chi connectivity index (χ1v) is 12.0. The smallest absolute Gasteiger partial charge is 0.274 e. The van der Waals surface area contributed by atoms with Crippen LogP contribution in [0.5, 0.6) is 0 Å². The molecule has 2 aromatic heterocycles. The number of rotatable bonds is 4. The lowest BCUT2D eigenvalue weighted by Crippen LogP contribution is -3.13. The summed E-state index contributed by atoms with van der Waals surface area (Å²) in [6.45, 7) is 3.81. The first-order valence-electron chi connectivity index (χ1n) is 12.0. The van der Waals surface area contributed by atoms with E-state index >= 15 is 0 Å². The van der Waals surface area contributed by atoms with Gasteiger partial charge in [-0.2, -0.15) is 0 Å². The summed E-state index contributed by atoms with van der Waals surface area (Å²) >= 11 is 0. The Hall–Kier alpha value is -3.64. The van der Waals surface area contributed by atoms with Crippen LogP contribution in [-0.2, 0) is 20.1 Å². The van der Waals surface area contributed by atoms with Crippen molar-refractivity contribution in [2.45, 2.75) is 25.4 Å². The zero-order chi connectivity index (χ0) is 23.2. The van der Waals surface area contributed by atoms with Gasteiger partial charge < -0.3 is 19.4 Å². The summed E-state index contributed by atoms with van der Waals surface area (Å²) in [5.74, 6) is 0.581. The number of para-hydroxylation sites is 1. The van der Waals surface area contributed by atoms with Crippen LogP contribution in [-0.4, -0.2) is 28.1 Å². The number of anilines is 1. The van der Waals surface area contributed by atoms with E-state index in [2.05, 4.69) is 47.4 Å². The minimum atomic E-state index is -0.250. The van der Waals surface area contributed by atoms with Gasteiger partial charge in [-0.1, -0.05) is 36.4 Å². The summed E-state index contributed by atoms with van der Waals surface area (Å²) in [6.07, 6.45) is 3.40. The lowest BCUT2D eigenvalue weighted by Gasteiger charge is -2.40. The van der Waals surface area contributed by atoms with Crippen LogP contribution in [0.4, 0.5) is 5.69 Å². The maximum atomic E-state index is 13.3. The predicted molar refractivity (Wildman–Crippen MR) is 133 cm³/mol. The number of hydrogen-bond acceptors (Lipinski definition) is 2. The molecule has 1 unspecified atom stereocenters. The zero-order valence-electron chi connectivity index (χ0n) is 19.3. The molecule has 4 aromatic rings. The Balaban J connectivity index is 1.23. The molecule has 2 N–H and O–H groups in total. The van der Waals surface area contributed by atoms with E-state index < -0.39 is 0 Å². The van der Waals surface area contributed by atoms with Crippen LogP contribution in [0.3, 0.4) is 0 Å². The van der Waals surface area contributed by atoms with Gasteiger partial charge in [0.1, 0.15) is 12.2 Å². The number of aryl methyl sites for hydroxylation is 1. The highest BCUT2D eigenvalue weighted by Crippen LogP contribution is 2.31. The van der Waals surface area contributed by atoms with E-state index in [9.17, 15) is 9.59 Å². The van der Waals surface area contributed by atoms with E-state index in [0.717, 1.165) is 38.3 Å². The summed E-state index contributed by atoms with van der Waals surface area (Å²) in [6, 6.07) is 21.5. The van der Waals surface area contributed by atoms with Crippen LogP contribution < -0.4 is 15.8 Å². The minimum absolute atomic E-state index is 0.0889. The lowest BCUT2D eigenvalue weighted by molar-refractivity contribution is -0.924. The fourth-order valence-electron chi connectivity index (χ4n) is 6.03. The van der Waals surface area contributed by atoms with E-state index in [1.807, 2.05) is 28.8 Å². The van der Waals surface area contributed by atoms with Gasteiger partial charge in [-0.3, -0.25) is 9.59 Å². The third kappa shape index (κ3) is 3.64. The molecule has 6 nitrogen and oxygen atoms in total. The summed E-state index contributed by atoms with van der Waals surface area (Å²) < 4.78 is 4.13. The van der Waals surface area contributed by atoms with Gasteiger partial charge in [0.25, 0.3) is 11.5 Å². The van der Waals surface area contributed by atoms with Gasteiger partial charge >= 0.3 is 0 Å². The number of hydrogen-bond donors (Lipinski definition) is 2. The highest BCUT2D eigenvalue weighted by atomic mass is 16.2. The standard InChI is InChI=1S/C28H28N4O2/c1-30-16-22(23-9-5-6-10-26(23)30)18-31-14-19-13-21(17-31)25-12-11-24(28(34)32(25)15-19)29-27(33)20-7-3-2-4-8-20/h2-12,16,19,21H,13-15,17-18H2,1H3,(H,29,33)/p+1/t19-,21+/m0/s1. The Morgan fingerprint density at radius 3 is 2.68 bits per heavy atom. The quantitative estimate of drug-likeness (QED) is 0.499. The number of pyridine rings is 1. The van der Waals surface area contributed by atoms with Crippen LogP contribution >= 0.6 is 0 Å². The minimum Gasteiger partial charge on any atom is -0.350 e. The van der Waals surface area contributed by atoms with Gasteiger partial charge in [0.05, 0.1) is 13.1 Å². The number of carbonyl (C=O) groups excluding carboxylic acids is 1. The van der Waals surface area contributed by atoms with Crippen molar-refractivity contribution < 1.29 is 9.69 Å². The van der Waals surface area contributed by atoms with Gasteiger partial charge in [0.15, 0.2) is 0 Å². The zero-order valence-corrected chi connectivity index (χ0v) is 19.3. The Kier molecular flexibility index (Phi) is 5.11. The second-order valence-electron chi connectivity index (χ2n) is 9.82. The van der Waals surface area contributed by atoms with E-state index in [-0.39, 0.29) is 11.5 Å². The van der Waals surface area contributed by atoms with E-state index in [4.69, 9.17) is 0 Å². The van der Waals surface area contributed by atoms with Gasteiger partial charge in [-0.25, -0.2) is 0 Å². The Bertz CT molecular complexity index is 1440. The summed E-state index contributed by atoms with van der Waals surface area (Å²) in [7, 11) is 2.11. The van der Waals surface area contributed by atoms with Crippen LogP contribution in [0.1, 0.15) is 34.0 Å². The topological polar surface area (TPSA) is 60.5 Å². The highest BCUT2D eigenvalue weighted by molar-refractivity contribution is 6.04. The van der Waals surface area contributed by atoms with Crippen molar-refractivity contribution in [3.8, 4) is 0 Å². The lowest BCUT2D eigenvalue weighted by atomic mass is 9.83. The number of nitrogens with one attached hydrogen (secondary N) is 2. The molecule has 0 aliphatic carbocycles. The molecule has 0 radical (unpaired) electrons. The molecule has 2 aliphatic heterocycles. The monoisotopic (exact) mass is 453 g/mol. The van der Waals surface area contributed by atoms with Crippen molar-refractivity contribution in [1.29, 1.82) is 0 Å². The maximum absolute atomic E-state index is 13.3. The van der Waals surface area contributed by atoms with Crippen molar-refractivity contribution in [3.05, 3.63) is 100 Å². The molecule has 34 heavy (non-hydrogen) atoms. The van der Waals surface area contributed by atoms with Gasteiger partial charge in [0, 0.05) is 59.3 Å². The van der Waals surface area contributed by atoms with Crippen molar-refractivity contribution in [2.24, 2.45) is 13.0 Å². The Morgan fingerprint density at radius 2 is 1.82 bits per heavy atom. The number of carbonyl (C=O) groups is 1. The van der Waals surface area contributed by atoms with Crippen LogP contribution in [0.25, 0.3) is 10.9 Å². The van der Waals surface area contributed by atoms with E-state index in [1.165, 1.54) is 16.5 Å². The van der Waals surface area contributed by atoms with Crippen LogP contribution in [0, 0.1) is 5.92 Å². The molecule has 1 amide bonds. The Morgan fingerprint density at radius 1 is 1.03 bits per heavy atom. The first-order chi connectivity index (χ1) is 16.6. The van der Waals surface area contributed by atoms with E-state index in [0.29, 0.717) is 23.1 Å². The number of quaternary nitrogens is 1.